The standard InChI is InChI=1S/C23H26N2O5S/c1-30-20-12-11-17(15-25-22(26)18-9-5-6-10-19(18)23(25)27)13-21(20)31(28,29)24-14-16-7-3-2-4-8-16/h2-4,7-8,11-13,18-19,24H,5-6,9-10,14-15H2,1H3/t18-,19+. The summed E-state index contributed by atoms with van der Waals surface area (Å²) in [5.74, 6) is -0.531. The monoisotopic (exact) mass is 442 g/mol. The van der Waals surface area contributed by atoms with Crippen molar-refractivity contribution in [2.75, 3.05) is 7.11 Å². The molecule has 2 aliphatic rings. The van der Waals surface area contributed by atoms with Crippen LogP contribution in [0.4, 0.5) is 0 Å². The molecule has 0 radical (unpaired) electrons. The lowest BCUT2D eigenvalue weighted by molar-refractivity contribution is -0.140. The first kappa shape index (κ1) is 21.5. The van der Waals surface area contributed by atoms with Gasteiger partial charge in [-0.2, -0.15) is 0 Å². The smallest absolute Gasteiger partial charge is 0.244 e. The van der Waals surface area contributed by atoms with Crippen molar-refractivity contribution in [1.82, 2.24) is 9.62 Å². The summed E-state index contributed by atoms with van der Waals surface area (Å²) in [6, 6.07) is 13.9. The topological polar surface area (TPSA) is 92.8 Å². The summed E-state index contributed by atoms with van der Waals surface area (Å²) >= 11 is 0. The van der Waals surface area contributed by atoms with E-state index in [1.807, 2.05) is 30.3 Å². The van der Waals surface area contributed by atoms with Crippen LogP contribution in [0.3, 0.4) is 0 Å². The first-order chi connectivity index (χ1) is 14.9. The minimum atomic E-state index is -3.87. The number of nitrogens with one attached hydrogen (secondary N) is 1. The molecule has 4 rings (SSSR count). The van der Waals surface area contributed by atoms with E-state index in [-0.39, 0.29) is 47.4 Å². The number of sulfonamides is 1. The second-order valence-electron chi connectivity index (χ2n) is 8.06. The summed E-state index contributed by atoms with van der Waals surface area (Å²) in [4.78, 5) is 26.8. The largest absolute Gasteiger partial charge is 0.495 e. The maximum absolute atomic E-state index is 13.0. The number of fused-ring (bicyclic) bond motifs is 1. The van der Waals surface area contributed by atoms with Gasteiger partial charge in [0.15, 0.2) is 0 Å². The van der Waals surface area contributed by atoms with Crippen LogP contribution >= 0.6 is 0 Å². The summed E-state index contributed by atoms with van der Waals surface area (Å²) in [5, 5.41) is 0. The van der Waals surface area contributed by atoms with Crippen LogP contribution in [-0.2, 0) is 32.7 Å². The number of imide groups is 1. The molecular formula is C23H26N2O5S. The van der Waals surface area contributed by atoms with E-state index in [1.54, 1.807) is 12.1 Å². The van der Waals surface area contributed by atoms with Crippen LogP contribution in [-0.4, -0.2) is 32.2 Å². The number of ether oxygens (including phenoxy) is 1. The maximum Gasteiger partial charge on any atom is 0.244 e. The first-order valence-corrected chi connectivity index (χ1v) is 11.9. The number of amides is 2. The third kappa shape index (κ3) is 4.36. The highest BCUT2D eigenvalue weighted by Gasteiger charge is 2.47. The van der Waals surface area contributed by atoms with Crippen molar-refractivity contribution < 1.29 is 22.7 Å². The number of likely N-dealkylation sites (tertiary alicyclic amines) is 1. The molecule has 0 unspecified atom stereocenters. The Bertz CT molecular complexity index is 1060. The molecule has 31 heavy (non-hydrogen) atoms. The Morgan fingerprint density at radius 3 is 2.23 bits per heavy atom. The van der Waals surface area contributed by atoms with Gasteiger partial charge >= 0.3 is 0 Å². The number of carbonyl (C=O) groups is 2. The Balaban J connectivity index is 1.56. The summed E-state index contributed by atoms with van der Waals surface area (Å²) < 4.78 is 33.8. The molecule has 2 atom stereocenters. The van der Waals surface area contributed by atoms with E-state index in [0.717, 1.165) is 31.2 Å². The molecule has 0 bridgehead atoms. The number of hydrogen-bond donors (Lipinski definition) is 1. The van der Waals surface area contributed by atoms with E-state index in [2.05, 4.69) is 4.72 Å². The molecule has 2 aromatic rings. The van der Waals surface area contributed by atoms with Crippen LogP contribution in [0.2, 0.25) is 0 Å². The predicted molar refractivity (Wildman–Crippen MR) is 114 cm³/mol. The van der Waals surface area contributed by atoms with Crippen molar-refractivity contribution in [2.45, 2.75) is 43.7 Å². The minimum absolute atomic E-state index is 0.0139. The fourth-order valence-corrected chi connectivity index (χ4v) is 5.69. The lowest BCUT2D eigenvalue weighted by Gasteiger charge is -2.19. The van der Waals surface area contributed by atoms with E-state index in [9.17, 15) is 18.0 Å². The van der Waals surface area contributed by atoms with E-state index in [0.29, 0.717) is 5.56 Å². The number of rotatable bonds is 7. The van der Waals surface area contributed by atoms with Gasteiger partial charge in [-0.25, -0.2) is 13.1 Å². The quantitative estimate of drug-likeness (QED) is 0.666. The van der Waals surface area contributed by atoms with E-state index in [1.165, 1.54) is 18.1 Å². The average molecular weight is 443 g/mol. The van der Waals surface area contributed by atoms with Gasteiger partial charge in [0.2, 0.25) is 21.8 Å². The minimum Gasteiger partial charge on any atom is -0.495 e. The lowest BCUT2D eigenvalue weighted by Crippen LogP contribution is -2.30. The average Bonchev–Trinajstić information content (AvgIpc) is 3.03. The van der Waals surface area contributed by atoms with Gasteiger partial charge in [0.25, 0.3) is 0 Å². The van der Waals surface area contributed by atoms with Gasteiger partial charge in [0, 0.05) is 6.54 Å². The molecule has 164 valence electrons. The van der Waals surface area contributed by atoms with Gasteiger partial charge in [-0.3, -0.25) is 14.5 Å². The Morgan fingerprint density at radius 1 is 0.968 bits per heavy atom. The van der Waals surface area contributed by atoms with Crippen LogP contribution in [0, 0.1) is 11.8 Å². The first-order valence-electron chi connectivity index (χ1n) is 10.5. The zero-order chi connectivity index (χ0) is 22.0. The molecule has 1 heterocycles. The van der Waals surface area contributed by atoms with Gasteiger partial charge in [-0.15, -0.1) is 0 Å². The van der Waals surface area contributed by atoms with Crippen LogP contribution in [0.25, 0.3) is 0 Å². The summed E-state index contributed by atoms with van der Waals surface area (Å²) in [7, 11) is -2.46. The molecule has 0 spiro atoms. The normalized spacial score (nSPS) is 21.3. The molecule has 8 heteroatoms. The molecule has 2 amide bonds. The summed E-state index contributed by atoms with van der Waals surface area (Å²) in [5.41, 5.74) is 1.40. The van der Waals surface area contributed by atoms with Gasteiger partial charge in [0.1, 0.15) is 10.6 Å². The number of carbonyl (C=O) groups excluding carboxylic acids is 2. The Morgan fingerprint density at radius 2 is 1.61 bits per heavy atom. The molecule has 2 fully saturated rings. The second-order valence-corrected chi connectivity index (χ2v) is 9.79. The number of nitrogens with zero attached hydrogens (tertiary/aromatic N) is 1. The molecule has 2 aromatic carbocycles. The Kier molecular flexibility index (Phi) is 6.11. The van der Waals surface area contributed by atoms with Crippen molar-refractivity contribution in [2.24, 2.45) is 11.8 Å². The number of hydrogen-bond acceptors (Lipinski definition) is 5. The zero-order valence-electron chi connectivity index (χ0n) is 17.4. The molecular weight excluding hydrogens is 416 g/mol. The Hall–Kier alpha value is -2.71. The third-order valence-electron chi connectivity index (χ3n) is 6.10. The molecule has 0 aromatic heterocycles. The maximum atomic E-state index is 13.0. The van der Waals surface area contributed by atoms with Crippen LogP contribution in [0.5, 0.6) is 5.75 Å². The fraction of sp³-hybridized carbons (Fsp3) is 0.391. The van der Waals surface area contributed by atoms with Crippen molar-refractivity contribution in [3.63, 3.8) is 0 Å². The van der Waals surface area contributed by atoms with Crippen LogP contribution in [0.15, 0.2) is 53.4 Å². The highest BCUT2D eigenvalue weighted by atomic mass is 32.2. The zero-order valence-corrected chi connectivity index (χ0v) is 18.2. The number of benzene rings is 2. The van der Waals surface area contributed by atoms with Crippen molar-refractivity contribution in [3.05, 3.63) is 59.7 Å². The van der Waals surface area contributed by atoms with Crippen molar-refractivity contribution in [1.29, 1.82) is 0 Å². The number of methoxy groups -OCH3 is 1. The highest BCUT2D eigenvalue weighted by molar-refractivity contribution is 7.89. The van der Waals surface area contributed by atoms with Crippen LogP contribution in [0.1, 0.15) is 36.8 Å². The van der Waals surface area contributed by atoms with Gasteiger partial charge in [-0.05, 0) is 36.1 Å². The Labute approximate surface area is 182 Å². The highest BCUT2D eigenvalue weighted by Crippen LogP contribution is 2.39. The van der Waals surface area contributed by atoms with Gasteiger partial charge in [0.05, 0.1) is 25.5 Å². The fourth-order valence-electron chi connectivity index (χ4n) is 4.45. The molecule has 1 aliphatic carbocycles. The van der Waals surface area contributed by atoms with E-state index < -0.39 is 10.0 Å². The summed E-state index contributed by atoms with van der Waals surface area (Å²) in [6.45, 7) is 0.207. The molecule has 1 aliphatic heterocycles. The van der Waals surface area contributed by atoms with E-state index >= 15 is 0 Å². The second kappa shape index (κ2) is 8.80. The van der Waals surface area contributed by atoms with Crippen molar-refractivity contribution >= 4 is 21.8 Å². The van der Waals surface area contributed by atoms with Gasteiger partial charge in [-0.1, -0.05) is 49.2 Å². The van der Waals surface area contributed by atoms with Crippen molar-refractivity contribution in [3.8, 4) is 5.75 Å². The molecule has 1 saturated carbocycles. The SMILES string of the molecule is COc1ccc(CN2C(=O)[C@H]3CCCC[C@H]3C2=O)cc1S(=O)(=O)NCc1ccccc1. The van der Waals surface area contributed by atoms with E-state index in [4.69, 9.17) is 4.74 Å². The molecule has 1 N–H and O–H groups in total. The third-order valence-corrected chi connectivity index (χ3v) is 7.52. The predicted octanol–water partition coefficient (Wildman–Crippen LogP) is 2.85. The lowest BCUT2D eigenvalue weighted by atomic mass is 9.81. The van der Waals surface area contributed by atoms with Crippen LogP contribution < -0.4 is 9.46 Å². The summed E-state index contributed by atoms with van der Waals surface area (Å²) in [6.07, 6.45) is 3.42. The molecule has 1 saturated heterocycles. The van der Waals surface area contributed by atoms with Gasteiger partial charge < -0.3 is 4.74 Å². The molecule has 7 nitrogen and oxygen atoms in total.